The molecule has 2 fully saturated rings. The van der Waals surface area contributed by atoms with E-state index in [2.05, 4.69) is 5.43 Å². The van der Waals surface area contributed by atoms with Crippen LogP contribution >= 0.6 is 0 Å². The number of nitrogens with zero attached hydrogens (tertiary/aromatic N) is 1. The Morgan fingerprint density at radius 2 is 2.07 bits per heavy atom. The maximum Gasteiger partial charge on any atom is 0.238 e. The van der Waals surface area contributed by atoms with Crippen LogP contribution in [0.1, 0.15) is 38.5 Å². The molecule has 0 unspecified atom stereocenters. The van der Waals surface area contributed by atoms with E-state index in [1.165, 1.54) is 19.3 Å². The Morgan fingerprint density at radius 3 is 2.71 bits per heavy atom. The molecule has 1 aliphatic heterocycles. The zero-order valence-electron chi connectivity index (χ0n) is 8.46. The minimum atomic E-state index is 0.0322. The summed E-state index contributed by atoms with van der Waals surface area (Å²) < 4.78 is 0. The Labute approximate surface area is 84.2 Å². The Morgan fingerprint density at radius 1 is 1.36 bits per heavy atom. The van der Waals surface area contributed by atoms with Crippen molar-refractivity contribution >= 4 is 5.91 Å². The Hall–Kier alpha value is -0.610. The SMILES string of the molecule is O=C1CC2(CCCCC2)NN1CCO. The molecule has 0 bridgehead atoms. The zero-order valence-corrected chi connectivity index (χ0v) is 8.46. The molecule has 0 aromatic heterocycles. The lowest BCUT2D eigenvalue weighted by Crippen LogP contribution is -2.48. The molecule has 1 saturated heterocycles. The van der Waals surface area contributed by atoms with Crippen LogP contribution in [0.25, 0.3) is 0 Å². The van der Waals surface area contributed by atoms with Crippen LogP contribution in [0, 0.1) is 0 Å². The third kappa shape index (κ3) is 1.77. The van der Waals surface area contributed by atoms with Crippen LogP contribution in [-0.2, 0) is 4.79 Å². The van der Waals surface area contributed by atoms with Gasteiger partial charge < -0.3 is 5.11 Å². The van der Waals surface area contributed by atoms with Gasteiger partial charge in [0, 0.05) is 12.0 Å². The van der Waals surface area contributed by atoms with Gasteiger partial charge in [0.2, 0.25) is 5.91 Å². The Balaban J connectivity index is 1.99. The van der Waals surface area contributed by atoms with Crippen molar-refractivity contribution in [3.05, 3.63) is 0 Å². The van der Waals surface area contributed by atoms with Crippen LogP contribution in [-0.4, -0.2) is 34.7 Å². The van der Waals surface area contributed by atoms with Crippen molar-refractivity contribution in [3.8, 4) is 0 Å². The summed E-state index contributed by atoms with van der Waals surface area (Å²) in [7, 11) is 0. The zero-order chi connectivity index (χ0) is 10.0. The highest BCUT2D eigenvalue weighted by Crippen LogP contribution is 2.34. The molecule has 80 valence electrons. The first-order chi connectivity index (χ1) is 6.76. The van der Waals surface area contributed by atoms with E-state index in [9.17, 15) is 4.79 Å². The van der Waals surface area contributed by atoms with Crippen LogP contribution in [0.5, 0.6) is 0 Å². The quantitative estimate of drug-likeness (QED) is 0.676. The number of β-amino-alcohol motifs (C(OH)–C–C–N with tert-alkyl or cyclic N) is 1. The van der Waals surface area contributed by atoms with Crippen LogP contribution in [0.2, 0.25) is 0 Å². The summed E-state index contributed by atoms with van der Waals surface area (Å²) in [4.78, 5) is 11.6. The number of nitrogens with one attached hydrogen (secondary N) is 1. The summed E-state index contributed by atoms with van der Waals surface area (Å²) in [5, 5.41) is 10.4. The molecular formula is C10H18N2O2. The van der Waals surface area contributed by atoms with Crippen LogP contribution in [0.4, 0.5) is 0 Å². The number of rotatable bonds is 2. The van der Waals surface area contributed by atoms with Crippen molar-refractivity contribution < 1.29 is 9.90 Å². The third-order valence-electron chi connectivity index (χ3n) is 3.30. The molecule has 1 spiro atoms. The number of amides is 1. The lowest BCUT2D eigenvalue weighted by atomic mass is 9.81. The van der Waals surface area contributed by atoms with E-state index in [4.69, 9.17) is 5.11 Å². The second-order valence-corrected chi connectivity index (χ2v) is 4.40. The molecule has 0 radical (unpaired) electrons. The number of hydrogen-bond donors (Lipinski definition) is 2. The van der Waals surface area contributed by atoms with Crippen LogP contribution in [0.3, 0.4) is 0 Å². The fourth-order valence-corrected chi connectivity index (χ4v) is 2.57. The van der Waals surface area contributed by atoms with Gasteiger partial charge in [-0.1, -0.05) is 19.3 Å². The molecule has 4 heteroatoms. The van der Waals surface area contributed by atoms with E-state index < -0.39 is 0 Å². The first-order valence-electron chi connectivity index (χ1n) is 5.45. The van der Waals surface area contributed by atoms with Crippen molar-refractivity contribution in [2.24, 2.45) is 0 Å². The van der Waals surface area contributed by atoms with Gasteiger partial charge in [-0.2, -0.15) is 0 Å². The average molecular weight is 198 g/mol. The number of hydrazine groups is 1. The van der Waals surface area contributed by atoms with Gasteiger partial charge in [-0.25, -0.2) is 5.43 Å². The molecule has 1 heterocycles. The number of hydrogen-bond acceptors (Lipinski definition) is 3. The van der Waals surface area contributed by atoms with Gasteiger partial charge in [0.15, 0.2) is 0 Å². The molecule has 2 N–H and O–H groups in total. The summed E-state index contributed by atoms with van der Waals surface area (Å²) in [6.07, 6.45) is 6.53. The summed E-state index contributed by atoms with van der Waals surface area (Å²) >= 11 is 0. The number of carbonyl (C=O) groups is 1. The maximum absolute atomic E-state index is 11.6. The molecule has 4 nitrogen and oxygen atoms in total. The minimum Gasteiger partial charge on any atom is -0.394 e. The topological polar surface area (TPSA) is 52.6 Å². The van der Waals surface area contributed by atoms with Gasteiger partial charge >= 0.3 is 0 Å². The maximum atomic E-state index is 11.6. The molecule has 14 heavy (non-hydrogen) atoms. The summed E-state index contributed by atoms with van der Waals surface area (Å²) in [6, 6.07) is 0. The molecule has 0 aromatic carbocycles. The molecule has 2 aliphatic rings. The highest BCUT2D eigenvalue weighted by molar-refractivity contribution is 5.79. The van der Waals surface area contributed by atoms with E-state index in [0.717, 1.165) is 12.8 Å². The van der Waals surface area contributed by atoms with E-state index in [1.807, 2.05) is 0 Å². The molecule has 1 saturated carbocycles. The van der Waals surface area contributed by atoms with Crippen molar-refractivity contribution in [3.63, 3.8) is 0 Å². The summed E-state index contributed by atoms with van der Waals surface area (Å²) in [5.41, 5.74) is 3.31. The van der Waals surface area contributed by atoms with E-state index in [0.29, 0.717) is 13.0 Å². The molecular weight excluding hydrogens is 180 g/mol. The van der Waals surface area contributed by atoms with Gasteiger partial charge in [0.05, 0.1) is 13.2 Å². The first-order valence-corrected chi connectivity index (χ1v) is 5.45. The van der Waals surface area contributed by atoms with Gasteiger partial charge in [-0.05, 0) is 12.8 Å². The highest BCUT2D eigenvalue weighted by Gasteiger charge is 2.42. The predicted molar refractivity (Wildman–Crippen MR) is 52.4 cm³/mol. The number of aliphatic hydroxyl groups is 1. The number of aliphatic hydroxyl groups excluding tert-OH is 1. The van der Waals surface area contributed by atoms with Gasteiger partial charge in [0.1, 0.15) is 0 Å². The molecule has 2 rings (SSSR count). The molecule has 1 aliphatic carbocycles. The molecule has 0 atom stereocenters. The van der Waals surface area contributed by atoms with Crippen molar-refractivity contribution in [1.29, 1.82) is 0 Å². The lowest BCUT2D eigenvalue weighted by molar-refractivity contribution is -0.130. The van der Waals surface area contributed by atoms with Gasteiger partial charge in [-0.15, -0.1) is 0 Å². The van der Waals surface area contributed by atoms with E-state index in [-0.39, 0.29) is 18.1 Å². The standard InChI is InChI=1S/C10H18N2O2/c13-7-6-12-9(14)8-10(11-12)4-2-1-3-5-10/h11,13H,1-8H2. The fraction of sp³-hybridized carbons (Fsp3) is 0.900. The molecule has 0 aromatic rings. The first kappa shape index (κ1) is 9.93. The normalized spacial score (nSPS) is 26.1. The van der Waals surface area contributed by atoms with Crippen molar-refractivity contribution in [2.75, 3.05) is 13.2 Å². The second kappa shape index (κ2) is 3.87. The summed E-state index contributed by atoms with van der Waals surface area (Å²) in [5.74, 6) is 0.140. The highest BCUT2D eigenvalue weighted by atomic mass is 16.3. The molecule has 1 amide bonds. The van der Waals surface area contributed by atoms with Gasteiger partial charge in [0.25, 0.3) is 0 Å². The average Bonchev–Trinajstić information content (AvgIpc) is 2.45. The fourth-order valence-electron chi connectivity index (χ4n) is 2.57. The van der Waals surface area contributed by atoms with Crippen LogP contribution < -0.4 is 5.43 Å². The van der Waals surface area contributed by atoms with Crippen molar-refractivity contribution in [2.45, 2.75) is 44.1 Å². The summed E-state index contributed by atoms with van der Waals surface area (Å²) in [6.45, 7) is 0.454. The Kier molecular flexibility index (Phi) is 2.74. The van der Waals surface area contributed by atoms with Crippen molar-refractivity contribution in [1.82, 2.24) is 10.4 Å². The smallest absolute Gasteiger partial charge is 0.238 e. The number of carbonyl (C=O) groups excluding carboxylic acids is 1. The Bertz CT molecular complexity index is 224. The minimum absolute atomic E-state index is 0.0322. The third-order valence-corrected chi connectivity index (χ3v) is 3.30. The largest absolute Gasteiger partial charge is 0.394 e. The predicted octanol–water partition coefficient (Wildman–Crippen LogP) is 0.418. The monoisotopic (exact) mass is 198 g/mol. The van der Waals surface area contributed by atoms with Gasteiger partial charge in [-0.3, -0.25) is 9.80 Å². The second-order valence-electron chi connectivity index (χ2n) is 4.40. The van der Waals surface area contributed by atoms with E-state index in [1.54, 1.807) is 5.01 Å². The lowest BCUT2D eigenvalue weighted by Gasteiger charge is -2.33. The van der Waals surface area contributed by atoms with E-state index >= 15 is 0 Å². The van der Waals surface area contributed by atoms with Crippen LogP contribution in [0.15, 0.2) is 0 Å².